The SMILES string of the molecule is Cc1c(-c2cc3cc(NC(=O)O[C@H]4COC[C@@H]4C)ncc3c(Cl)c2C#N)cnc2c1N(C(=O)OC(C)(C)C)CCO2. The molecule has 0 radical (unpaired) electrons. The third kappa shape index (κ3) is 5.71. The second kappa shape index (κ2) is 11.0. The second-order valence-corrected chi connectivity index (χ2v) is 11.4. The van der Waals surface area contributed by atoms with E-state index in [-0.39, 0.29) is 41.6 Å². The van der Waals surface area contributed by atoms with Gasteiger partial charge in [0.1, 0.15) is 35.9 Å². The van der Waals surface area contributed by atoms with Gasteiger partial charge in [-0.05, 0) is 50.8 Å². The molecular weight excluding hydrogens is 550 g/mol. The van der Waals surface area contributed by atoms with Crippen molar-refractivity contribution in [1.82, 2.24) is 9.97 Å². The number of benzene rings is 1. The summed E-state index contributed by atoms with van der Waals surface area (Å²) >= 11 is 6.71. The summed E-state index contributed by atoms with van der Waals surface area (Å²) in [7, 11) is 0. The zero-order valence-electron chi connectivity index (χ0n) is 23.4. The molecule has 0 bridgehead atoms. The number of nitriles is 1. The van der Waals surface area contributed by atoms with Crippen molar-refractivity contribution in [1.29, 1.82) is 5.26 Å². The van der Waals surface area contributed by atoms with Crippen molar-refractivity contribution in [3.63, 3.8) is 0 Å². The smallest absolute Gasteiger partial charge is 0.415 e. The van der Waals surface area contributed by atoms with E-state index in [9.17, 15) is 14.9 Å². The van der Waals surface area contributed by atoms with Gasteiger partial charge in [-0.15, -0.1) is 0 Å². The highest BCUT2D eigenvalue weighted by Crippen LogP contribution is 2.42. The van der Waals surface area contributed by atoms with Crippen LogP contribution < -0.4 is 15.0 Å². The fourth-order valence-corrected chi connectivity index (χ4v) is 5.12. The lowest BCUT2D eigenvalue weighted by Gasteiger charge is -2.32. The third-order valence-corrected chi connectivity index (χ3v) is 7.25. The fourth-order valence-electron chi connectivity index (χ4n) is 4.82. The Labute approximate surface area is 242 Å². The number of fused-ring (bicyclic) bond motifs is 2. The number of halogens is 1. The number of pyridine rings is 2. The summed E-state index contributed by atoms with van der Waals surface area (Å²) in [6.07, 6.45) is 1.59. The molecular formula is C29H30ClN5O6. The van der Waals surface area contributed by atoms with Crippen LogP contribution >= 0.6 is 11.6 Å². The first-order chi connectivity index (χ1) is 19.5. The first kappa shape index (κ1) is 28.4. The van der Waals surface area contributed by atoms with Crippen molar-refractivity contribution in [2.75, 3.05) is 36.6 Å². The van der Waals surface area contributed by atoms with E-state index in [0.29, 0.717) is 52.2 Å². The fraction of sp³-hybridized carbons (Fsp3) is 0.414. The summed E-state index contributed by atoms with van der Waals surface area (Å²) in [5.74, 6) is 0.650. The van der Waals surface area contributed by atoms with E-state index in [4.69, 9.17) is 30.5 Å². The molecule has 0 unspecified atom stereocenters. The highest BCUT2D eigenvalue weighted by Gasteiger charge is 2.32. The standard InChI is InChI=1S/C29H30ClN5O6/c1-15-13-38-14-22(15)40-27(36)34-23-9-17-8-18(19(10-31)24(30)21(17)12-32-23)20-11-33-26-25(16(20)2)35(6-7-39-26)28(37)41-29(3,4)5/h8-9,11-12,15,22H,6-7,13-14H2,1-5H3,(H,32,34,36)/t15-,22-/m0/s1. The molecule has 1 N–H and O–H groups in total. The Morgan fingerprint density at radius 2 is 1.98 bits per heavy atom. The maximum atomic E-state index is 13.1. The number of carbonyl (C=O) groups is 2. The Morgan fingerprint density at radius 1 is 1.20 bits per heavy atom. The maximum absolute atomic E-state index is 13.1. The highest BCUT2D eigenvalue weighted by molar-refractivity contribution is 6.37. The summed E-state index contributed by atoms with van der Waals surface area (Å²) < 4.78 is 22.2. The number of carbonyl (C=O) groups excluding carboxylic acids is 2. The van der Waals surface area contributed by atoms with Gasteiger partial charge in [0.15, 0.2) is 0 Å². The van der Waals surface area contributed by atoms with Crippen LogP contribution in [0, 0.1) is 24.2 Å². The van der Waals surface area contributed by atoms with E-state index in [0.717, 1.165) is 0 Å². The molecule has 2 aliphatic rings. The first-order valence-corrected chi connectivity index (χ1v) is 13.6. The van der Waals surface area contributed by atoms with Gasteiger partial charge in [0, 0.05) is 34.8 Å². The highest BCUT2D eigenvalue weighted by atomic mass is 35.5. The van der Waals surface area contributed by atoms with Gasteiger partial charge in [-0.2, -0.15) is 5.26 Å². The molecule has 11 nitrogen and oxygen atoms in total. The lowest BCUT2D eigenvalue weighted by Crippen LogP contribution is -2.42. The molecule has 0 saturated carbocycles. The molecule has 2 aromatic heterocycles. The number of anilines is 2. The Morgan fingerprint density at radius 3 is 2.66 bits per heavy atom. The normalized spacial score (nSPS) is 18.3. The van der Waals surface area contributed by atoms with Crippen LogP contribution in [0.25, 0.3) is 21.9 Å². The molecule has 1 saturated heterocycles. The van der Waals surface area contributed by atoms with Gasteiger partial charge in [0.05, 0.1) is 30.3 Å². The van der Waals surface area contributed by atoms with E-state index in [1.54, 1.807) is 39.1 Å². The van der Waals surface area contributed by atoms with Gasteiger partial charge in [0.2, 0.25) is 5.88 Å². The topological polar surface area (TPSA) is 136 Å². The Kier molecular flexibility index (Phi) is 7.64. The van der Waals surface area contributed by atoms with E-state index in [1.165, 1.54) is 11.1 Å². The summed E-state index contributed by atoms with van der Waals surface area (Å²) in [6, 6.07) is 5.62. The first-order valence-electron chi connectivity index (χ1n) is 13.2. The number of hydrogen-bond donors (Lipinski definition) is 1. The zero-order chi connectivity index (χ0) is 29.5. The van der Waals surface area contributed by atoms with E-state index in [2.05, 4.69) is 21.4 Å². The molecule has 214 valence electrons. The Bertz CT molecular complexity index is 1580. The van der Waals surface area contributed by atoms with Gasteiger partial charge < -0.3 is 18.9 Å². The molecule has 5 rings (SSSR count). The molecule has 2 atom stereocenters. The van der Waals surface area contributed by atoms with E-state index in [1.807, 2.05) is 13.8 Å². The average Bonchev–Trinajstić information content (AvgIpc) is 3.31. The van der Waals surface area contributed by atoms with Crippen molar-refractivity contribution in [2.24, 2.45) is 5.92 Å². The van der Waals surface area contributed by atoms with Gasteiger partial charge in [-0.1, -0.05) is 18.5 Å². The minimum absolute atomic E-state index is 0.0983. The van der Waals surface area contributed by atoms with Crippen molar-refractivity contribution < 1.29 is 28.5 Å². The van der Waals surface area contributed by atoms with Crippen molar-refractivity contribution in [2.45, 2.75) is 46.3 Å². The van der Waals surface area contributed by atoms with Crippen LogP contribution in [0.1, 0.15) is 38.8 Å². The molecule has 1 fully saturated rings. The minimum atomic E-state index is -0.691. The molecule has 3 aromatic rings. The lowest BCUT2D eigenvalue weighted by molar-refractivity contribution is 0.0566. The quantitative estimate of drug-likeness (QED) is 0.405. The van der Waals surface area contributed by atoms with E-state index >= 15 is 0 Å². The number of rotatable bonds is 3. The summed E-state index contributed by atoms with van der Waals surface area (Å²) in [5, 5.41) is 14.1. The Balaban J connectivity index is 1.54. The van der Waals surface area contributed by atoms with Crippen LogP contribution in [-0.2, 0) is 14.2 Å². The van der Waals surface area contributed by atoms with Gasteiger partial charge in [-0.25, -0.2) is 19.6 Å². The third-order valence-electron chi connectivity index (χ3n) is 6.86. The van der Waals surface area contributed by atoms with Crippen LogP contribution in [0.5, 0.6) is 5.88 Å². The van der Waals surface area contributed by atoms with Crippen LogP contribution in [0.3, 0.4) is 0 Å². The lowest BCUT2D eigenvalue weighted by atomic mass is 9.94. The maximum Gasteiger partial charge on any atom is 0.415 e. The van der Waals surface area contributed by atoms with Crippen molar-refractivity contribution in [3.8, 4) is 23.1 Å². The van der Waals surface area contributed by atoms with E-state index < -0.39 is 17.8 Å². The van der Waals surface area contributed by atoms with Crippen LogP contribution in [0.15, 0.2) is 24.5 Å². The number of nitrogens with zero attached hydrogens (tertiary/aromatic N) is 4. The predicted octanol–water partition coefficient (Wildman–Crippen LogP) is 5.85. The van der Waals surface area contributed by atoms with Crippen LogP contribution in [0.4, 0.5) is 21.1 Å². The molecule has 0 aliphatic carbocycles. The zero-order valence-corrected chi connectivity index (χ0v) is 24.2. The van der Waals surface area contributed by atoms with Crippen molar-refractivity contribution >= 4 is 46.1 Å². The summed E-state index contributed by atoms with van der Waals surface area (Å²) in [4.78, 5) is 35.8. The van der Waals surface area contributed by atoms with Crippen molar-refractivity contribution in [3.05, 3.63) is 40.7 Å². The molecule has 41 heavy (non-hydrogen) atoms. The molecule has 2 amide bonds. The molecule has 12 heteroatoms. The number of amides is 2. The van der Waals surface area contributed by atoms with Crippen LogP contribution in [0.2, 0.25) is 5.02 Å². The molecule has 0 spiro atoms. The monoisotopic (exact) mass is 579 g/mol. The Hall–Kier alpha value is -4.14. The average molecular weight is 580 g/mol. The summed E-state index contributed by atoms with van der Waals surface area (Å²) in [5.41, 5.74) is 1.75. The number of hydrogen-bond acceptors (Lipinski definition) is 9. The van der Waals surface area contributed by atoms with Gasteiger partial charge in [0.25, 0.3) is 0 Å². The minimum Gasteiger partial charge on any atom is -0.474 e. The predicted molar refractivity (Wildman–Crippen MR) is 152 cm³/mol. The molecule has 2 aliphatic heterocycles. The largest absolute Gasteiger partial charge is 0.474 e. The molecule has 4 heterocycles. The number of nitrogens with one attached hydrogen (secondary N) is 1. The van der Waals surface area contributed by atoms with Gasteiger partial charge >= 0.3 is 12.2 Å². The van der Waals surface area contributed by atoms with Gasteiger partial charge in [-0.3, -0.25) is 10.2 Å². The molecule has 1 aromatic carbocycles. The second-order valence-electron chi connectivity index (χ2n) is 11.0. The number of aromatic nitrogens is 2. The summed E-state index contributed by atoms with van der Waals surface area (Å²) in [6.45, 7) is 10.6. The number of ether oxygens (including phenoxy) is 4. The van der Waals surface area contributed by atoms with Crippen LogP contribution in [-0.4, -0.2) is 60.2 Å².